The average molecular weight is 230 g/mol. The van der Waals surface area contributed by atoms with Crippen molar-refractivity contribution in [1.82, 2.24) is 9.88 Å². The summed E-state index contributed by atoms with van der Waals surface area (Å²) in [5.41, 5.74) is 3.81. The molecule has 2 aromatic rings. The number of nitrogen functional groups attached to an aromatic ring is 1. The van der Waals surface area contributed by atoms with Crippen LogP contribution in [0.2, 0.25) is 0 Å². The largest absolute Gasteiger partial charge is 0.345 e. The van der Waals surface area contributed by atoms with Crippen LogP contribution in [0.4, 0.5) is 5.82 Å². The summed E-state index contributed by atoms with van der Waals surface area (Å²) in [4.78, 5) is 17.9. The maximum Gasteiger partial charge on any atom is 0.254 e. The van der Waals surface area contributed by atoms with E-state index in [9.17, 15) is 4.79 Å². The summed E-state index contributed by atoms with van der Waals surface area (Å²) in [6.07, 6.45) is 0. The van der Waals surface area contributed by atoms with E-state index in [4.69, 9.17) is 5.84 Å². The molecule has 0 unspecified atom stereocenters. The number of nitrogens with two attached hydrogens (primary N) is 1. The SMILES string of the molecule is CN(C)C(=O)c1cc(NN)nc2ccccc12. The Hall–Kier alpha value is -2.14. The van der Waals surface area contributed by atoms with Crippen molar-refractivity contribution in [2.45, 2.75) is 0 Å². The third kappa shape index (κ3) is 2.05. The zero-order valence-electron chi connectivity index (χ0n) is 9.77. The number of para-hydroxylation sites is 1. The van der Waals surface area contributed by atoms with Crippen LogP contribution < -0.4 is 11.3 Å². The van der Waals surface area contributed by atoms with E-state index in [1.165, 1.54) is 4.90 Å². The lowest BCUT2D eigenvalue weighted by molar-refractivity contribution is 0.0829. The first-order chi connectivity index (χ1) is 8.13. The van der Waals surface area contributed by atoms with Gasteiger partial charge in [0.05, 0.1) is 11.1 Å². The van der Waals surface area contributed by atoms with Gasteiger partial charge < -0.3 is 10.3 Å². The fourth-order valence-corrected chi connectivity index (χ4v) is 1.67. The Morgan fingerprint density at radius 3 is 2.71 bits per heavy atom. The van der Waals surface area contributed by atoms with Gasteiger partial charge in [0.2, 0.25) is 0 Å². The maximum atomic E-state index is 12.1. The number of hydrazine groups is 1. The molecule has 1 aromatic carbocycles. The Morgan fingerprint density at radius 1 is 1.35 bits per heavy atom. The van der Waals surface area contributed by atoms with Crippen molar-refractivity contribution in [2.24, 2.45) is 5.84 Å². The summed E-state index contributed by atoms with van der Waals surface area (Å²) < 4.78 is 0. The molecule has 17 heavy (non-hydrogen) atoms. The summed E-state index contributed by atoms with van der Waals surface area (Å²) in [7, 11) is 3.43. The molecule has 0 aliphatic heterocycles. The number of benzene rings is 1. The minimum atomic E-state index is -0.0694. The molecule has 0 saturated carbocycles. The van der Waals surface area contributed by atoms with Crippen LogP contribution in [0.3, 0.4) is 0 Å². The molecule has 0 bridgehead atoms. The number of aromatic nitrogens is 1. The topological polar surface area (TPSA) is 71.2 Å². The molecule has 1 amide bonds. The first kappa shape index (κ1) is 11.3. The van der Waals surface area contributed by atoms with Gasteiger partial charge >= 0.3 is 0 Å². The Labute approximate surface area is 99.2 Å². The highest BCUT2D eigenvalue weighted by atomic mass is 16.2. The molecule has 2 rings (SSSR count). The second-order valence-electron chi connectivity index (χ2n) is 3.92. The molecule has 0 fully saturated rings. The van der Waals surface area contributed by atoms with E-state index >= 15 is 0 Å². The third-order valence-corrected chi connectivity index (χ3v) is 2.50. The zero-order chi connectivity index (χ0) is 12.4. The molecule has 0 aliphatic rings. The first-order valence-corrected chi connectivity index (χ1v) is 5.21. The van der Waals surface area contributed by atoms with E-state index in [0.29, 0.717) is 11.4 Å². The van der Waals surface area contributed by atoms with Crippen LogP contribution in [0.1, 0.15) is 10.4 Å². The number of hydrogen-bond donors (Lipinski definition) is 2. The van der Waals surface area contributed by atoms with Crippen LogP contribution in [-0.2, 0) is 0 Å². The van der Waals surface area contributed by atoms with Crippen LogP contribution in [-0.4, -0.2) is 29.9 Å². The number of hydrogen-bond acceptors (Lipinski definition) is 4. The van der Waals surface area contributed by atoms with Gasteiger partial charge in [-0.05, 0) is 12.1 Å². The predicted octanol–water partition coefficient (Wildman–Crippen LogP) is 1.22. The van der Waals surface area contributed by atoms with Gasteiger partial charge in [0, 0.05) is 19.5 Å². The summed E-state index contributed by atoms with van der Waals surface area (Å²) in [5, 5.41) is 0.824. The van der Waals surface area contributed by atoms with E-state index in [-0.39, 0.29) is 5.91 Å². The van der Waals surface area contributed by atoms with Crippen molar-refractivity contribution < 1.29 is 4.79 Å². The molecular weight excluding hydrogens is 216 g/mol. The lowest BCUT2D eigenvalue weighted by atomic mass is 10.1. The van der Waals surface area contributed by atoms with Crippen LogP contribution in [0.25, 0.3) is 10.9 Å². The van der Waals surface area contributed by atoms with E-state index < -0.39 is 0 Å². The van der Waals surface area contributed by atoms with Crippen molar-refractivity contribution in [2.75, 3.05) is 19.5 Å². The molecule has 1 heterocycles. The highest BCUT2D eigenvalue weighted by molar-refractivity contribution is 6.06. The van der Waals surface area contributed by atoms with Crippen LogP contribution >= 0.6 is 0 Å². The molecule has 5 heteroatoms. The smallest absolute Gasteiger partial charge is 0.254 e. The van der Waals surface area contributed by atoms with E-state index in [1.807, 2.05) is 24.3 Å². The normalized spacial score (nSPS) is 10.3. The number of fused-ring (bicyclic) bond motifs is 1. The zero-order valence-corrected chi connectivity index (χ0v) is 9.77. The molecule has 0 atom stereocenters. The number of carbonyl (C=O) groups is 1. The predicted molar refractivity (Wildman–Crippen MR) is 67.6 cm³/mol. The number of anilines is 1. The monoisotopic (exact) mass is 230 g/mol. The van der Waals surface area contributed by atoms with Gasteiger partial charge in [-0.3, -0.25) is 4.79 Å². The van der Waals surface area contributed by atoms with Crippen molar-refractivity contribution in [1.29, 1.82) is 0 Å². The quantitative estimate of drug-likeness (QED) is 0.601. The van der Waals surface area contributed by atoms with Crippen molar-refractivity contribution >= 4 is 22.6 Å². The molecule has 88 valence electrons. The standard InChI is InChI=1S/C12H14N4O/c1-16(2)12(17)9-7-11(15-13)14-10-6-4-3-5-8(9)10/h3-7H,13H2,1-2H3,(H,14,15). The highest BCUT2D eigenvalue weighted by Gasteiger charge is 2.13. The van der Waals surface area contributed by atoms with Gasteiger partial charge in [-0.2, -0.15) is 0 Å². The second kappa shape index (κ2) is 4.39. The Kier molecular flexibility index (Phi) is 2.93. The third-order valence-electron chi connectivity index (χ3n) is 2.50. The van der Waals surface area contributed by atoms with Crippen LogP contribution in [0.15, 0.2) is 30.3 Å². The number of carbonyl (C=O) groups excluding carboxylic acids is 1. The number of nitrogens with zero attached hydrogens (tertiary/aromatic N) is 2. The number of nitrogens with one attached hydrogen (secondary N) is 1. The lowest BCUT2D eigenvalue weighted by Crippen LogP contribution is -2.22. The Morgan fingerprint density at radius 2 is 2.06 bits per heavy atom. The van der Waals surface area contributed by atoms with Gasteiger partial charge in [0.1, 0.15) is 5.82 Å². The molecule has 5 nitrogen and oxygen atoms in total. The highest BCUT2D eigenvalue weighted by Crippen LogP contribution is 2.21. The minimum absolute atomic E-state index is 0.0694. The number of pyridine rings is 1. The van der Waals surface area contributed by atoms with Gasteiger partial charge in [-0.25, -0.2) is 10.8 Å². The van der Waals surface area contributed by atoms with Crippen molar-refractivity contribution in [3.05, 3.63) is 35.9 Å². The molecule has 1 aromatic heterocycles. The molecule has 3 N–H and O–H groups in total. The number of rotatable bonds is 2. The van der Waals surface area contributed by atoms with Gasteiger partial charge in [0.25, 0.3) is 5.91 Å². The average Bonchev–Trinajstić information content (AvgIpc) is 2.36. The van der Waals surface area contributed by atoms with Crippen molar-refractivity contribution in [3.63, 3.8) is 0 Å². The Balaban J connectivity index is 2.71. The van der Waals surface area contributed by atoms with E-state index in [0.717, 1.165) is 10.9 Å². The van der Waals surface area contributed by atoms with Crippen molar-refractivity contribution in [3.8, 4) is 0 Å². The van der Waals surface area contributed by atoms with Crippen LogP contribution in [0, 0.1) is 0 Å². The lowest BCUT2D eigenvalue weighted by Gasteiger charge is -2.13. The molecule has 0 spiro atoms. The summed E-state index contributed by atoms with van der Waals surface area (Å²) in [6.45, 7) is 0. The van der Waals surface area contributed by atoms with Crippen LogP contribution in [0.5, 0.6) is 0 Å². The minimum Gasteiger partial charge on any atom is -0.345 e. The summed E-state index contributed by atoms with van der Waals surface area (Å²) in [5.74, 6) is 5.76. The van der Waals surface area contributed by atoms with Gasteiger partial charge in [-0.15, -0.1) is 0 Å². The molecule has 0 saturated heterocycles. The van der Waals surface area contributed by atoms with E-state index in [2.05, 4.69) is 10.4 Å². The van der Waals surface area contributed by atoms with Gasteiger partial charge in [-0.1, -0.05) is 18.2 Å². The number of amides is 1. The van der Waals surface area contributed by atoms with E-state index in [1.54, 1.807) is 20.2 Å². The first-order valence-electron chi connectivity index (χ1n) is 5.21. The Bertz CT molecular complexity index is 565. The second-order valence-corrected chi connectivity index (χ2v) is 3.92. The maximum absolute atomic E-state index is 12.1. The fourth-order valence-electron chi connectivity index (χ4n) is 1.67. The fraction of sp³-hybridized carbons (Fsp3) is 0.167. The summed E-state index contributed by atoms with van der Waals surface area (Å²) in [6, 6.07) is 9.14. The molecule has 0 aliphatic carbocycles. The summed E-state index contributed by atoms with van der Waals surface area (Å²) >= 11 is 0. The molecule has 0 radical (unpaired) electrons. The molecular formula is C12H14N4O. The van der Waals surface area contributed by atoms with Gasteiger partial charge in [0.15, 0.2) is 0 Å².